The van der Waals surface area contributed by atoms with Crippen LogP contribution >= 0.6 is 11.6 Å². The fourth-order valence-corrected chi connectivity index (χ4v) is 5.09. The number of aromatic nitrogens is 2. The van der Waals surface area contributed by atoms with Crippen molar-refractivity contribution < 1.29 is 13.9 Å². The fraction of sp³-hybridized carbons (Fsp3) is 0.320. The average Bonchev–Trinajstić information content (AvgIpc) is 3.63. The van der Waals surface area contributed by atoms with E-state index in [0.717, 1.165) is 23.0 Å². The second-order valence-corrected chi connectivity index (χ2v) is 9.28. The zero-order valence-corrected chi connectivity index (χ0v) is 18.3. The number of hydrogen-bond donors (Lipinski definition) is 0. The summed E-state index contributed by atoms with van der Waals surface area (Å²) < 4.78 is 22.0. The molecule has 0 radical (unpaired) electrons. The van der Waals surface area contributed by atoms with Gasteiger partial charge >= 0.3 is 5.97 Å². The number of halogens is 2. The Kier molecular flexibility index (Phi) is 4.31. The lowest BCUT2D eigenvalue weighted by atomic mass is 9.99. The fourth-order valence-electron chi connectivity index (χ4n) is 4.92. The van der Waals surface area contributed by atoms with Gasteiger partial charge in [0, 0.05) is 39.9 Å². The van der Waals surface area contributed by atoms with Crippen LogP contribution in [0.2, 0.25) is 5.02 Å². The SMILES string of the molecule is COC(=O)CC[C@@H]1N=C(c2ccccc2F)c2cc(Cl)ccc2-n2c(C34CC3C4)cnc21. The number of ether oxygens (including phenoxy) is 1. The Labute approximate surface area is 189 Å². The molecule has 0 spiro atoms. The van der Waals surface area contributed by atoms with Gasteiger partial charge in [0.25, 0.3) is 0 Å². The highest BCUT2D eigenvalue weighted by molar-refractivity contribution is 6.31. The molecule has 5 nitrogen and oxygen atoms in total. The Bertz CT molecular complexity index is 1290. The van der Waals surface area contributed by atoms with Gasteiger partial charge in [0.1, 0.15) is 17.7 Å². The molecule has 0 unspecified atom stereocenters. The number of carbonyl (C=O) groups is 1. The van der Waals surface area contributed by atoms with E-state index in [2.05, 4.69) is 4.57 Å². The number of hydrogen-bond acceptors (Lipinski definition) is 4. The molecule has 1 aliphatic heterocycles. The summed E-state index contributed by atoms with van der Waals surface area (Å²) in [6, 6.07) is 11.8. The molecule has 32 heavy (non-hydrogen) atoms. The minimum atomic E-state index is -0.420. The highest BCUT2D eigenvalue weighted by Crippen LogP contribution is 2.75. The summed E-state index contributed by atoms with van der Waals surface area (Å²) in [6.07, 6.45) is 4.92. The van der Waals surface area contributed by atoms with Crippen molar-refractivity contribution in [3.63, 3.8) is 0 Å². The van der Waals surface area contributed by atoms with Crippen molar-refractivity contribution in [3.8, 4) is 5.69 Å². The maximum atomic E-state index is 14.9. The molecule has 2 fully saturated rings. The normalized spacial score (nSPS) is 24.5. The number of carbonyl (C=O) groups excluding carboxylic acids is 1. The van der Waals surface area contributed by atoms with Crippen LogP contribution in [0.4, 0.5) is 4.39 Å². The van der Waals surface area contributed by atoms with E-state index in [0.29, 0.717) is 22.7 Å². The average molecular weight is 450 g/mol. The molecule has 0 bridgehead atoms. The van der Waals surface area contributed by atoms with E-state index in [1.165, 1.54) is 31.7 Å². The molecule has 0 amide bonds. The van der Waals surface area contributed by atoms with E-state index in [1.54, 1.807) is 18.2 Å². The van der Waals surface area contributed by atoms with Gasteiger partial charge in [-0.05, 0) is 55.5 Å². The lowest BCUT2D eigenvalue weighted by Crippen LogP contribution is -2.12. The van der Waals surface area contributed by atoms with Crippen LogP contribution in [0, 0.1) is 11.7 Å². The Hall–Kier alpha value is -2.99. The predicted molar refractivity (Wildman–Crippen MR) is 119 cm³/mol. The second-order valence-electron chi connectivity index (χ2n) is 8.85. The van der Waals surface area contributed by atoms with Crippen LogP contribution < -0.4 is 0 Å². The van der Waals surface area contributed by atoms with E-state index in [9.17, 15) is 9.18 Å². The van der Waals surface area contributed by atoms with Gasteiger partial charge in [0.05, 0.1) is 18.5 Å². The van der Waals surface area contributed by atoms with Crippen molar-refractivity contribution in [3.05, 3.63) is 82.1 Å². The van der Waals surface area contributed by atoms with Gasteiger partial charge in [-0.15, -0.1) is 0 Å². The van der Waals surface area contributed by atoms with Crippen LogP contribution in [0.1, 0.15) is 54.4 Å². The molecule has 0 N–H and O–H groups in total. The van der Waals surface area contributed by atoms with Crippen molar-refractivity contribution in [1.82, 2.24) is 9.55 Å². The summed E-state index contributed by atoms with van der Waals surface area (Å²) in [5.74, 6) is 0.832. The Morgan fingerprint density at radius 2 is 2.03 bits per heavy atom. The van der Waals surface area contributed by atoms with Crippen LogP contribution in [-0.4, -0.2) is 28.3 Å². The lowest BCUT2D eigenvalue weighted by Gasteiger charge is -2.17. The third-order valence-electron chi connectivity index (χ3n) is 7.00. The van der Waals surface area contributed by atoms with E-state index < -0.39 is 6.04 Å². The molecule has 0 saturated heterocycles. The third-order valence-corrected chi connectivity index (χ3v) is 7.23. The highest BCUT2D eigenvalue weighted by Gasteiger charge is 2.72. The number of imidazole rings is 1. The number of aliphatic imine (C=N–C) groups is 1. The van der Waals surface area contributed by atoms with Gasteiger partial charge in [-0.2, -0.15) is 0 Å². The summed E-state index contributed by atoms with van der Waals surface area (Å²) in [6.45, 7) is 0. The minimum absolute atomic E-state index is 0.197. The largest absolute Gasteiger partial charge is 0.469 e. The summed E-state index contributed by atoms with van der Waals surface area (Å²) in [5.41, 5.74) is 3.96. The summed E-state index contributed by atoms with van der Waals surface area (Å²) >= 11 is 6.40. The van der Waals surface area contributed by atoms with Gasteiger partial charge < -0.3 is 4.74 Å². The van der Waals surface area contributed by atoms with Gasteiger partial charge in [-0.25, -0.2) is 9.37 Å². The van der Waals surface area contributed by atoms with Gasteiger partial charge in [-0.3, -0.25) is 14.4 Å². The van der Waals surface area contributed by atoms with E-state index >= 15 is 0 Å². The van der Waals surface area contributed by atoms with Crippen LogP contribution in [0.25, 0.3) is 5.69 Å². The number of nitrogens with zero attached hydrogens (tertiary/aromatic N) is 3. The smallest absolute Gasteiger partial charge is 0.305 e. The number of methoxy groups -OCH3 is 1. The molecule has 1 aromatic heterocycles. The highest BCUT2D eigenvalue weighted by atomic mass is 35.5. The first-order chi connectivity index (χ1) is 15.5. The van der Waals surface area contributed by atoms with E-state index in [1.807, 2.05) is 24.4 Å². The minimum Gasteiger partial charge on any atom is -0.469 e. The molecule has 2 aromatic carbocycles. The molecule has 2 aliphatic carbocycles. The molecule has 1 atom stereocenters. The molecule has 3 aliphatic rings. The first-order valence-corrected chi connectivity index (χ1v) is 11.2. The number of esters is 1. The standard InChI is InChI=1S/C25H21ClFN3O2/c1-32-22(31)9-7-19-24-28-13-21(25-11-14(25)12-25)30(24)20-8-6-15(26)10-17(20)23(29-19)16-4-2-3-5-18(16)27/h2-6,8,10,13-14,19H,7,9,11-12H2,1H3/t14?,19-,25?/m0/s1. The quantitative estimate of drug-likeness (QED) is 0.505. The monoisotopic (exact) mass is 449 g/mol. The van der Waals surface area contributed by atoms with Crippen LogP contribution in [0.5, 0.6) is 0 Å². The van der Waals surface area contributed by atoms with Crippen molar-refractivity contribution in [1.29, 1.82) is 0 Å². The summed E-state index contributed by atoms with van der Waals surface area (Å²) in [4.78, 5) is 21.7. The molecule has 7 heteroatoms. The number of rotatable bonds is 5. The van der Waals surface area contributed by atoms with Crippen molar-refractivity contribution in [2.24, 2.45) is 10.9 Å². The van der Waals surface area contributed by atoms with E-state index in [-0.39, 0.29) is 23.6 Å². The second kappa shape index (κ2) is 7.01. The molecule has 3 aromatic rings. The Morgan fingerprint density at radius 3 is 2.75 bits per heavy atom. The van der Waals surface area contributed by atoms with Crippen LogP contribution in [-0.2, 0) is 14.9 Å². The van der Waals surface area contributed by atoms with Crippen molar-refractivity contribution in [2.75, 3.05) is 7.11 Å². The zero-order chi connectivity index (χ0) is 22.0. The first-order valence-electron chi connectivity index (χ1n) is 10.8. The summed E-state index contributed by atoms with van der Waals surface area (Å²) in [7, 11) is 1.37. The number of benzene rings is 2. The molecule has 6 rings (SSSR count). The van der Waals surface area contributed by atoms with Crippen LogP contribution in [0.15, 0.2) is 53.7 Å². The Morgan fingerprint density at radius 1 is 1.25 bits per heavy atom. The summed E-state index contributed by atoms with van der Waals surface area (Å²) in [5, 5.41) is 0.554. The van der Waals surface area contributed by atoms with E-state index in [4.69, 9.17) is 26.3 Å². The van der Waals surface area contributed by atoms with Crippen molar-refractivity contribution >= 4 is 23.3 Å². The predicted octanol–water partition coefficient (Wildman–Crippen LogP) is 5.17. The maximum absolute atomic E-state index is 14.9. The van der Waals surface area contributed by atoms with Crippen LogP contribution in [0.3, 0.4) is 0 Å². The maximum Gasteiger partial charge on any atom is 0.305 e. The Balaban J connectivity index is 1.58. The lowest BCUT2D eigenvalue weighted by molar-refractivity contribution is -0.140. The molecule has 2 saturated carbocycles. The number of fused-ring (bicyclic) bond motifs is 4. The first kappa shape index (κ1) is 19.7. The van der Waals surface area contributed by atoms with Gasteiger partial charge in [-0.1, -0.05) is 23.7 Å². The molecule has 162 valence electrons. The van der Waals surface area contributed by atoms with Crippen molar-refractivity contribution in [2.45, 2.75) is 37.1 Å². The van der Waals surface area contributed by atoms with Gasteiger partial charge in [0.2, 0.25) is 0 Å². The van der Waals surface area contributed by atoms with Gasteiger partial charge in [0.15, 0.2) is 0 Å². The zero-order valence-electron chi connectivity index (χ0n) is 17.5. The third kappa shape index (κ3) is 2.93. The molecule has 2 heterocycles. The molecular weight excluding hydrogens is 429 g/mol. The topological polar surface area (TPSA) is 56.5 Å². The molecular formula is C25H21ClFN3O2.